The minimum atomic E-state index is -4.55. The van der Waals surface area contributed by atoms with Crippen LogP contribution in [0.4, 0.5) is 29.5 Å². The van der Waals surface area contributed by atoms with Crippen LogP contribution in [0.1, 0.15) is 16.0 Å². The normalized spacial score (nSPS) is 14.8. The molecular weight excluding hydrogens is 483 g/mol. The molecule has 1 aliphatic rings. The number of fused-ring (bicyclic) bond motifs is 1. The highest BCUT2D eigenvalue weighted by Crippen LogP contribution is 2.37. The second-order valence-electron chi connectivity index (χ2n) is 6.83. The lowest BCUT2D eigenvalue weighted by molar-refractivity contribution is -0.380. The fourth-order valence-corrected chi connectivity index (χ4v) is 4.93. The summed E-state index contributed by atoms with van der Waals surface area (Å²) in [6, 6.07) is 10.1. The van der Waals surface area contributed by atoms with Gasteiger partial charge in [-0.3, -0.25) is 19.6 Å². The van der Waals surface area contributed by atoms with Crippen LogP contribution in [-0.4, -0.2) is 19.2 Å². The van der Waals surface area contributed by atoms with Gasteiger partial charge in [0.2, 0.25) is 0 Å². The summed E-state index contributed by atoms with van der Waals surface area (Å²) in [6.07, 6.45) is -3.14. The van der Waals surface area contributed by atoms with Gasteiger partial charge >= 0.3 is 11.2 Å². The zero-order valence-electron chi connectivity index (χ0n) is 16.2. The summed E-state index contributed by atoms with van der Waals surface area (Å²) < 4.78 is 65.9. The number of amides is 1. The average molecular weight is 495 g/mol. The van der Waals surface area contributed by atoms with Gasteiger partial charge in [-0.15, -0.1) is 0 Å². The molecule has 0 radical (unpaired) electrons. The van der Waals surface area contributed by atoms with Crippen LogP contribution < -0.4 is 10.0 Å². The second-order valence-corrected chi connectivity index (χ2v) is 9.61. The van der Waals surface area contributed by atoms with Crippen LogP contribution in [0, 0.1) is 10.1 Å². The lowest BCUT2D eigenvalue weighted by Gasteiger charge is -2.11. The molecule has 0 aliphatic carbocycles. The van der Waals surface area contributed by atoms with E-state index in [4.69, 9.17) is 0 Å². The number of rotatable bonds is 5. The first-order valence-electron chi connectivity index (χ1n) is 9.06. The Bertz CT molecular complexity index is 1410. The van der Waals surface area contributed by atoms with E-state index in [1.54, 1.807) is 0 Å². The fraction of sp³-hybridized carbons (Fsp3) is 0.0500. The number of carbonyl (C=O) groups excluding carboxylic acids is 1. The average Bonchev–Trinajstić information content (AvgIpc) is 3.32. The molecule has 0 fully saturated rings. The Kier molecular flexibility index (Phi) is 5.46. The summed E-state index contributed by atoms with van der Waals surface area (Å²) in [5.74, 6) is -0.508. The first-order chi connectivity index (χ1) is 15.4. The quantitative estimate of drug-likeness (QED) is 0.294. The number of nitrogens with zero attached hydrogens (tertiary/aromatic N) is 1. The van der Waals surface area contributed by atoms with E-state index in [9.17, 15) is 36.5 Å². The molecular formula is C20H12F3N3O5S2. The van der Waals surface area contributed by atoms with Crippen molar-refractivity contribution in [3.05, 3.63) is 80.7 Å². The highest BCUT2D eigenvalue weighted by Gasteiger charge is 2.30. The summed E-state index contributed by atoms with van der Waals surface area (Å²) in [4.78, 5) is 22.9. The standard InChI is InChI=1S/C20H12F3N3O5S2/c21-20(22,23)11-1-3-12(4-2-11)25-33(30,31)14-6-7-17-15(10-14)16(19(27)24-17)9-13-5-8-18(32-13)26(28)29/h1-10,25H,(H,24,27). The maximum atomic E-state index is 12.8. The maximum Gasteiger partial charge on any atom is 0.416 e. The van der Waals surface area contributed by atoms with Gasteiger partial charge in [-0.1, -0.05) is 11.3 Å². The van der Waals surface area contributed by atoms with E-state index in [1.165, 1.54) is 36.4 Å². The highest BCUT2D eigenvalue weighted by atomic mass is 32.2. The molecule has 4 rings (SSSR count). The Labute approximate surface area is 188 Å². The first kappa shape index (κ1) is 22.5. The number of hydrogen-bond donors (Lipinski definition) is 2. The molecule has 33 heavy (non-hydrogen) atoms. The van der Waals surface area contributed by atoms with Crippen LogP contribution in [-0.2, 0) is 21.0 Å². The Hall–Kier alpha value is -3.71. The number of hydrogen-bond acceptors (Lipinski definition) is 6. The van der Waals surface area contributed by atoms with Crippen LogP contribution in [0.25, 0.3) is 11.6 Å². The first-order valence-corrected chi connectivity index (χ1v) is 11.4. The van der Waals surface area contributed by atoms with Crippen LogP contribution in [0.3, 0.4) is 0 Å². The zero-order valence-corrected chi connectivity index (χ0v) is 17.8. The minimum absolute atomic E-state index is 0.0700. The summed E-state index contributed by atoms with van der Waals surface area (Å²) >= 11 is 0.853. The summed E-state index contributed by atoms with van der Waals surface area (Å²) in [5, 5.41) is 13.3. The van der Waals surface area contributed by atoms with E-state index >= 15 is 0 Å². The van der Waals surface area contributed by atoms with Crippen molar-refractivity contribution in [3.8, 4) is 0 Å². The van der Waals surface area contributed by atoms with Crippen molar-refractivity contribution in [1.82, 2.24) is 0 Å². The topological polar surface area (TPSA) is 118 Å². The van der Waals surface area contributed by atoms with Crippen molar-refractivity contribution >= 4 is 55.3 Å². The molecule has 0 spiro atoms. The van der Waals surface area contributed by atoms with Crippen LogP contribution >= 0.6 is 11.3 Å². The summed E-state index contributed by atoms with van der Waals surface area (Å²) in [5.41, 5.74) is -0.249. The van der Waals surface area contributed by atoms with Gasteiger partial charge < -0.3 is 5.32 Å². The van der Waals surface area contributed by atoms with Crippen molar-refractivity contribution in [2.24, 2.45) is 0 Å². The van der Waals surface area contributed by atoms with Crippen molar-refractivity contribution in [1.29, 1.82) is 0 Å². The maximum absolute atomic E-state index is 12.8. The monoisotopic (exact) mass is 495 g/mol. The molecule has 0 bridgehead atoms. The summed E-state index contributed by atoms with van der Waals surface area (Å²) in [7, 11) is -4.19. The number of anilines is 2. The molecule has 13 heteroatoms. The molecule has 0 saturated heterocycles. The van der Waals surface area contributed by atoms with Gasteiger partial charge in [-0.05, 0) is 54.6 Å². The number of carbonyl (C=O) groups is 1. The number of benzene rings is 2. The van der Waals surface area contributed by atoms with Crippen LogP contribution in [0.2, 0.25) is 0 Å². The van der Waals surface area contributed by atoms with Gasteiger partial charge in [0.1, 0.15) is 0 Å². The van der Waals surface area contributed by atoms with E-state index in [0.717, 1.165) is 35.6 Å². The van der Waals surface area contributed by atoms with E-state index in [1.807, 2.05) is 0 Å². The van der Waals surface area contributed by atoms with Gasteiger partial charge in [0.15, 0.2) is 0 Å². The molecule has 0 unspecified atom stereocenters. The highest BCUT2D eigenvalue weighted by molar-refractivity contribution is 7.92. The van der Waals surface area contributed by atoms with E-state index in [0.29, 0.717) is 10.6 Å². The SMILES string of the molecule is O=C1Nc2ccc(S(=O)(=O)Nc3ccc(C(F)(F)F)cc3)cc2C1=Cc1ccc([N+](=O)[O-])s1. The molecule has 0 atom stereocenters. The third-order valence-electron chi connectivity index (χ3n) is 4.63. The van der Waals surface area contributed by atoms with Crippen LogP contribution in [0.5, 0.6) is 0 Å². The van der Waals surface area contributed by atoms with Crippen molar-refractivity contribution < 1.29 is 31.3 Å². The lowest BCUT2D eigenvalue weighted by atomic mass is 10.1. The van der Waals surface area contributed by atoms with Gasteiger partial charge in [-0.25, -0.2) is 8.42 Å². The Morgan fingerprint density at radius 3 is 2.36 bits per heavy atom. The fourth-order valence-electron chi connectivity index (χ4n) is 3.08. The minimum Gasteiger partial charge on any atom is -0.321 e. The Morgan fingerprint density at radius 1 is 1.06 bits per heavy atom. The van der Waals surface area contributed by atoms with E-state index in [-0.39, 0.29) is 26.7 Å². The van der Waals surface area contributed by atoms with Gasteiger partial charge in [0.05, 0.1) is 21.0 Å². The van der Waals surface area contributed by atoms with Crippen molar-refractivity contribution in [3.63, 3.8) is 0 Å². The molecule has 1 aliphatic heterocycles. The van der Waals surface area contributed by atoms with Crippen molar-refractivity contribution in [2.75, 3.05) is 10.0 Å². The largest absolute Gasteiger partial charge is 0.416 e. The molecule has 8 nitrogen and oxygen atoms in total. The third-order valence-corrected chi connectivity index (χ3v) is 6.99. The number of sulfonamides is 1. The molecule has 3 aromatic rings. The Balaban J connectivity index is 1.65. The molecule has 1 aromatic heterocycles. The smallest absolute Gasteiger partial charge is 0.321 e. The molecule has 2 heterocycles. The molecule has 2 aromatic carbocycles. The van der Waals surface area contributed by atoms with Gasteiger partial charge in [-0.2, -0.15) is 13.2 Å². The Morgan fingerprint density at radius 2 is 1.76 bits per heavy atom. The van der Waals surface area contributed by atoms with Gasteiger partial charge in [0, 0.05) is 27.9 Å². The number of nitrogens with one attached hydrogen (secondary N) is 2. The third kappa shape index (κ3) is 4.59. The second kappa shape index (κ2) is 8.01. The predicted octanol–water partition coefficient (Wildman–Crippen LogP) is 4.97. The van der Waals surface area contributed by atoms with Crippen molar-refractivity contribution in [2.45, 2.75) is 11.1 Å². The molecule has 1 amide bonds. The zero-order chi connectivity index (χ0) is 24.0. The van der Waals surface area contributed by atoms with Crippen LogP contribution in [0.15, 0.2) is 59.5 Å². The lowest BCUT2D eigenvalue weighted by Crippen LogP contribution is -2.13. The number of thiophene rings is 1. The number of nitro groups is 1. The molecule has 170 valence electrons. The summed E-state index contributed by atoms with van der Waals surface area (Å²) in [6.45, 7) is 0. The number of halogens is 3. The van der Waals surface area contributed by atoms with E-state index in [2.05, 4.69) is 10.0 Å². The molecule has 2 N–H and O–H groups in total. The number of alkyl halides is 3. The van der Waals surface area contributed by atoms with E-state index < -0.39 is 32.6 Å². The predicted molar refractivity (Wildman–Crippen MR) is 116 cm³/mol. The molecule has 0 saturated carbocycles. The van der Waals surface area contributed by atoms with Gasteiger partial charge in [0.25, 0.3) is 15.9 Å².